The van der Waals surface area contributed by atoms with E-state index in [9.17, 15) is 0 Å². The molecule has 10 aliphatic rings. The van der Waals surface area contributed by atoms with Crippen LogP contribution in [0.2, 0.25) is 84.7 Å². The van der Waals surface area contributed by atoms with E-state index in [4.69, 9.17) is 19.9 Å². The van der Waals surface area contributed by atoms with Crippen LogP contribution in [0.5, 0.6) is 0 Å². The first-order chi connectivity index (χ1) is 19.5. The van der Waals surface area contributed by atoms with Gasteiger partial charge in [0.2, 0.25) is 0 Å². The minimum atomic E-state index is -4.56. The number of nitrogens with zero attached hydrogens (tertiary/aromatic N) is 4. The summed E-state index contributed by atoms with van der Waals surface area (Å²) in [4.78, 5) is 27.7. The van der Waals surface area contributed by atoms with Crippen molar-refractivity contribution in [1.82, 2.24) is 19.9 Å². The molecule has 0 saturated carbocycles. The van der Waals surface area contributed by atoms with Crippen LogP contribution in [-0.4, -0.2) is 52.6 Å². The minimum absolute atomic E-state index is 0.221. The van der Waals surface area contributed by atoms with Gasteiger partial charge in [0.15, 0.2) is 0 Å². The van der Waals surface area contributed by atoms with Crippen molar-refractivity contribution in [3.8, 4) is 0 Å². The zero-order valence-corrected chi connectivity index (χ0v) is 33.5. The second kappa shape index (κ2) is 3.76. The fourth-order valence-electron chi connectivity index (χ4n) is 27.0. The molecule has 0 N–H and O–H groups in total. The topological polar surface area (TPSA) is 51.6 Å². The Balaban J connectivity index is 1.29. The first-order valence-electron chi connectivity index (χ1n) is 16.8. The van der Waals surface area contributed by atoms with Gasteiger partial charge in [0.25, 0.3) is 0 Å². The van der Waals surface area contributed by atoms with Gasteiger partial charge in [-0.3, -0.25) is 0 Å². The Kier molecular flexibility index (Phi) is 2.27. The van der Waals surface area contributed by atoms with Crippen molar-refractivity contribution in [3.05, 3.63) is 48.6 Å². The maximum absolute atomic E-state index is 5.23. The van der Waals surface area contributed by atoms with Crippen LogP contribution in [0.4, 0.5) is 0 Å². The van der Waals surface area contributed by atoms with Gasteiger partial charge in [0, 0.05) is 0 Å². The van der Waals surface area contributed by atoms with Gasteiger partial charge < -0.3 is 0 Å². The summed E-state index contributed by atoms with van der Waals surface area (Å²) >= 11 is 0. The van der Waals surface area contributed by atoms with Crippen LogP contribution in [0.25, 0.3) is 0 Å². The van der Waals surface area contributed by atoms with Crippen molar-refractivity contribution in [2.75, 3.05) is 6.16 Å². The molecule has 1 spiro atoms. The van der Waals surface area contributed by atoms with Crippen LogP contribution in [0.3, 0.4) is 0 Å². The van der Waals surface area contributed by atoms with E-state index < -0.39 is 22.7 Å². The van der Waals surface area contributed by atoms with E-state index in [2.05, 4.69) is 90.1 Å². The van der Waals surface area contributed by atoms with Crippen LogP contribution in [-0.2, 0) is 11.7 Å². The Hall–Kier alpha value is -0.0268. The monoisotopic (exact) mass is 690 g/mol. The molecular weight excluding hydrogens is 638 g/mol. The Morgan fingerprint density at radius 1 is 0.721 bits per heavy atom. The van der Waals surface area contributed by atoms with Gasteiger partial charge >= 0.3 is 256 Å². The number of hydrogen-bond donors (Lipinski definition) is 0. The molecule has 2 aromatic rings. The number of rotatable bonds is 7. The molecule has 6 unspecified atom stereocenters. The summed E-state index contributed by atoms with van der Waals surface area (Å²) in [7, 11) is 0.212. The molecule has 0 bridgehead atoms. The van der Waals surface area contributed by atoms with Crippen molar-refractivity contribution >= 4 is 33.3 Å². The van der Waals surface area contributed by atoms with E-state index in [1.54, 1.807) is 0 Å². The van der Waals surface area contributed by atoms with Gasteiger partial charge in [-0.15, -0.1) is 0 Å². The van der Waals surface area contributed by atoms with Crippen molar-refractivity contribution < 1.29 is 6.51 Å². The quantitative estimate of drug-likeness (QED) is 0.214. The van der Waals surface area contributed by atoms with Gasteiger partial charge in [0.1, 0.15) is 0 Å². The third-order valence-corrected chi connectivity index (χ3v) is 90.4. The second-order valence-corrected chi connectivity index (χ2v) is 61.3. The molecule has 0 aliphatic carbocycles. The van der Waals surface area contributed by atoms with Crippen LogP contribution in [0, 0.1) is 0 Å². The van der Waals surface area contributed by atoms with E-state index in [-0.39, 0.29) is 13.1 Å². The molecule has 0 aromatic carbocycles. The Labute approximate surface area is 254 Å². The van der Waals surface area contributed by atoms with E-state index in [1.807, 2.05) is 36.9 Å². The number of hydrogen-bond acceptors (Lipinski definition) is 4. The van der Waals surface area contributed by atoms with Gasteiger partial charge in [-0.2, -0.15) is 0 Å². The van der Waals surface area contributed by atoms with E-state index in [0.717, 1.165) is 48.4 Å². The summed E-state index contributed by atoms with van der Waals surface area (Å²) in [5, 5.41) is 0.300. The number of aromatic nitrogens is 4. The van der Waals surface area contributed by atoms with Crippen LogP contribution < -0.4 is 0 Å². The molecular formula is C34H52FeN4P2Si2. The predicted molar refractivity (Wildman–Crippen MR) is 186 cm³/mol. The van der Waals surface area contributed by atoms with Gasteiger partial charge in [-0.1, -0.05) is 0 Å². The summed E-state index contributed by atoms with van der Waals surface area (Å²) in [6.45, 7) is 28.3. The Morgan fingerprint density at radius 3 is 1.42 bits per heavy atom. The number of fused-ring (bicyclic) bond motifs is 10. The third kappa shape index (κ3) is 0.627. The van der Waals surface area contributed by atoms with E-state index >= 15 is 0 Å². The average molecular weight is 691 g/mol. The zero-order chi connectivity index (χ0) is 30.8. The molecule has 0 amide bonds. The fraction of sp³-hybridized carbons (Fsp3) is 0.765. The van der Waals surface area contributed by atoms with E-state index in [0.29, 0.717) is 18.9 Å². The summed E-state index contributed by atoms with van der Waals surface area (Å²) in [5.74, 6) is 2.07. The van der Waals surface area contributed by atoms with Crippen LogP contribution in [0.15, 0.2) is 36.9 Å². The molecule has 4 nitrogen and oxygen atoms in total. The van der Waals surface area contributed by atoms with Gasteiger partial charge in [-0.05, 0) is 0 Å². The molecule has 43 heavy (non-hydrogen) atoms. The normalized spacial score (nSPS) is 61.6. The van der Waals surface area contributed by atoms with Crippen molar-refractivity contribution in [2.24, 2.45) is 0 Å². The SMILES string of the molecule is CC(C)(C)P(C[C]12[C]3(C(P)(c4ncccn4)c4ncccn4)[CH]4[C]5([Si](C)(C)C)[C]1([Si](C)(C)C)[Fe]42351678[CH]2[CH]1[CH]6[CH]7[CH]28)C(C)(C)C. The molecule has 12 heterocycles. The van der Waals surface area contributed by atoms with Gasteiger partial charge in [-0.25, -0.2) is 0 Å². The fourth-order valence-corrected chi connectivity index (χ4v) is 173. The molecule has 10 fully saturated rings. The molecule has 12 rings (SSSR count). The molecule has 0 radical (unpaired) electrons. The Bertz CT molecular complexity index is 2080. The second-order valence-electron chi connectivity index (χ2n) is 22.4. The molecule has 10 saturated heterocycles. The van der Waals surface area contributed by atoms with Gasteiger partial charge in [0.05, 0.1) is 0 Å². The van der Waals surface area contributed by atoms with Crippen molar-refractivity contribution in [2.45, 2.75) is 142 Å². The molecule has 6 atom stereocenters. The average Bonchev–Trinajstić information content (AvgIpc) is 3.84. The van der Waals surface area contributed by atoms with Crippen molar-refractivity contribution in [1.29, 1.82) is 0 Å². The van der Waals surface area contributed by atoms with E-state index in [1.165, 1.54) is 6.16 Å². The zero-order valence-electron chi connectivity index (χ0n) is 28.3. The van der Waals surface area contributed by atoms with Crippen LogP contribution >= 0.6 is 17.2 Å². The van der Waals surface area contributed by atoms with Crippen molar-refractivity contribution in [3.63, 3.8) is 0 Å². The molecule has 234 valence electrons. The van der Waals surface area contributed by atoms with Crippen LogP contribution in [0.1, 0.15) is 53.2 Å². The summed E-state index contributed by atoms with van der Waals surface area (Å²) in [5.41, 5.74) is 0. The molecule has 9 heteroatoms. The maximum atomic E-state index is 5.23. The third-order valence-electron chi connectivity index (χ3n) is 22.0. The standard InChI is InChI=1S/C29H47N4P2Si2.C5H5.Fe/c1-27(2,3)35(28(4,5)6)20-21-22(19-23(36(7,8)9)24(21)37(10,11)12)29(34,25-30-15-13-16-31-25)26-32-17-14-18-33-26;1-2-4-5-3-1;/h13-19H,20,34H2,1-12H3;1-5H;. The molecule has 10 aliphatic heterocycles. The first-order valence-corrected chi connectivity index (χ1v) is 32.0. The first kappa shape index (κ1) is 26.0. The summed E-state index contributed by atoms with van der Waals surface area (Å²) in [6, 6.07) is 4.03. The molecule has 2 aromatic heterocycles. The predicted octanol–water partition coefficient (Wildman–Crippen LogP) is 10.1. The Morgan fingerprint density at radius 2 is 1.12 bits per heavy atom. The summed E-state index contributed by atoms with van der Waals surface area (Å²) in [6.07, 6.45) is 9.59. The summed E-state index contributed by atoms with van der Waals surface area (Å²) < 4.78 is 2.44.